The topological polar surface area (TPSA) is 69.9 Å². The molecular weight excluding hydrogens is 480 g/mol. The van der Waals surface area contributed by atoms with Gasteiger partial charge in [-0.1, -0.05) is 54.3 Å². The van der Waals surface area contributed by atoms with Gasteiger partial charge in [-0.25, -0.2) is 9.79 Å². The smallest absolute Gasteiger partial charge is 0.338 e. The molecule has 1 unspecified atom stereocenters. The molecule has 0 fully saturated rings. The van der Waals surface area contributed by atoms with Crippen LogP contribution in [0.1, 0.15) is 31.0 Å². The Labute approximate surface area is 211 Å². The number of thiazole rings is 1. The summed E-state index contributed by atoms with van der Waals surface area (Å²) in [5, 5.41) is 0. The van der Waals surface area contributed by atoms with Crippen LogP contribution in [0.4, 0.5) is 0 Å². The van der Waals surface area contributed by atoms with E-state index >= 15 is 0 Å². The first-order chi connectivity index (χ1) is 17.0. The summed E-state index contributed by atoms with van der Waals surface area (Å²) >= 11 is 2.92. The normalized spacial score (nSPS) is 15.4. The van der Waals surface area contributed by atoms with Crippen molar-refractivity contribution in [3.8, 4) is 5.75 Å². The zero-order valence-corrected chi connectivity index (χ0v) is 21.4. The van der Waals surface area contributed by atoms with Gasteiger partial charge in [-0.05, 0) is 49.9 Å². The Hall–Kier alpha value is -3.36. The van der Waals surface area contributed by atoms with Gasteiger partial charge in [0.15, 0.2) is 4.80 Å². The van der Waals surface area contributed by atoms with Gasteiger partial charge in [-0.3, -0.25) is 9.36 Å². The molecule has 0 aliphatic carbocycles. The number of hydrogen-bond donors (Lipinski definition) is 0. The van der Waals surface area contributed by atoms with Crippen LogP contribution in [-0.2, 0) is 9.53 Å². The molecule has 2 aromatic carbocycles. The van der Waals surface area contributed by atoms with E-state index in [1.54, 1.807) is 23.3 Å². The van der Waals surface area contributed by atoms with Crippen molar-refractivity contribution >= 4 is 35.1 Å². The van der Waals surface area contributed by atoms with Gasteiger partial charge in [0.1, 0.15) is 12.4 Å². The second-order valence-corrected chi connectivity index (χ2v) is 9.60. The van der Waals surface area contributed by atoms with Crippen LogP contribution < -0.4 is 19.6 Å². The van der Waals surface area contributed by atoms with Crippen LogP contribution in [0.25, 0.3) is 6.08 Å². The summed E-state index contributed by atoms with van der Waals surface area (Å²) in [5.41, 5.74) is 2.27. The molecule has 6 nitrogen and oxygen atoms in total. The predicted octanol–water partition coefficient (Wildman–Crippen LogP) is 4.09. The molecule has 2 heterocycles. The van der Waals surface area contributed by atoms with Gasteiger partial charge in [0.25, 0.3) is 5.56 Å². The molecule has 0 saturated carbocycles. The van der Waals surface area contributed by atoms with E-state index in [4.69, 9.17) is 9.47 Å². The van der Waals surface area contributed by atoms with Gasteiger partial charge in [-0.2, -0.15) is 0 Å². The summed E-state index contributed by atoms with van der Waals surface area (Å²) in [5.74, 6) is 0.191. The molecular formula is C27H26N2O4S2. The highest BCUT2D eigenvalue weighted by molar-refractivity contribution is 7.98. The number of rotatable bonds is 8. The third kappa shape index (κ3) is 5.04. The Bertz CT molecular complexity index is 1470. The second kappa shape index (κ2) is 10.9. The number of aromatic nitrogens is 1. The van der Waals surface area contributed by atoms with Crippen molar-refractivity contribution in [2.75, 3.05) is 19.5 Å². The highest BCUT2D eigenvalue weighted by Gasteiger charge is 2.33. The molecule has 0 saturated heterocycles. The molecule has 1 aliphatic rings. The number of nitrogens with zero attached hydrogens (tertiary/aromatic N) is 2. The molecule has 0 N–H and O–H groups in total. The van der Waals surface area contributed by atoms with Gasteiger partial charge in [0.05, 0.1) is 28.5 Å². The van der Waals surface area contributed by atoms with Gasteiger partial charge in [0, 0.05) is 10.5 Å². The molecule has 1 aromatic heterocycles. The number of fused-ring (bicyclic) bond motifs is 1. The summed E-state index contributed by atoms with van der Waals surface area (Å²) in [4.78, 5) is 33.1. The number of allylic oxidation sites excluding steroid dienone is 1. The van der Waals surface area contributed by atoms with Gasteiger partial charge < -0.3 is 9.47 Å². The highest BCUT2D eigenvalue weighted by Crippen LogP contribution is 2.31. The molecule has 0 bridgehead atoms. The number of esters is 1. The average molecular weight is 507 g/mol. The number of benzene rings is 2. The lowest BCUT2D eigenvalue weighted by atomic mass is 9.96. The highest BCUT2D eigenvalue weighted by atomic mass is 32.2. The number of carbonyl (C=O) groups excluding carboxylic acids is 1. The predicted molar refractivity (Wildman–Crippen MR) is 141 cm³/mol. The molecule has 180 valence electrons. The molecule has 8 heteroatoms. The van der Waals surface area contributed by atoms with E-state index in [0.29, 0.717) is 33.0 Å². The standard InChI is InChI=1S/C27H26N2O4S2/c1-5-15-33-26(31)23-17(3)28-27-29(24(23)18-11-13-20(34-4)14-12-18)25(30)22(35-27)16-19-9-7-8-10-21(19)32-6-2/h5,7-14,16,24H,1,6,15H2,2-4H3. The van der Waals surface area contributed by atoms with Crippen molar-refractivity contribution < 1.29 is 14.3 Å². The van der Waals surface area contributed by atoms with Gasteiger partial charge in [0.2, 0.25) is 0 Å². The number of thioether (sulfide) groups is 1. The van der Waals surface area contributed by atoms with E-state index in [1.165, 1.54) is 17.4 Å². The van der Waals surface area contributed by atoms with Crippen LogP contribution in [0.15, 0.2) is 87.1 Å². The number of hydrogen-bond acceptors (Lipinski definition) is 7. The van der Waals surface area contributed by atoms with Crippen molar-refractivity contribution in [3.05, 3.63) is 103 Å². The number of carbonyl (C=O) groups is 1. The monoisotopic (exact) mass is 506 g/mol. The van der Waals surface area contributed by atoms with Crippen molar-refractivity contribution in [3.63, 3.8) is 0 Å². The molecule has 1 atom stereocenters. The maximum absolute atomic E-state index is 13.7. The molecule has 1 aliphatic heterocycles. The van der Waals surface area contributed by atoms with Crippen LogP contribution in [-0.4, -0.2) is 30.0 Å². The minimum Gasteiger partial charge on any atom is -0.493 e. The van der Waals surface area contributed by atoms with Crippen LogP contribution in [0.2, 0.25) is 0 Å². The Balaban J connectivity index is 1.92. The van der Waals surface area contributed by atoms with Crippen molar-refractivity contribution in [2.24, 2.45) is 4.99 Å². The fourth-order valence-electron chi connectivity index (χ4n) is 3.92. The van der Waals surface area contributed by atoms with E-state index in [1.807, 2.05) is 67.8 Å². The van der Waals surface area contributed by atoms with E-state index in [9.17, 15) is 9.59 Å². The zero-order valence-electron chi connectivity index (χ0n) is 19.8. The molecule has 35 heavy (non-hydrogen) atoms. The van der Waals surface area contributed by atoms with E-state index in [-0.39, 0.29) is 12.2 Å². The fourth-order valence-corrected chi connectivity index (χ4v) is 5.37. The third-order valence-corrected chi connectivity index (χ3v) is 7.24. The molecule has 0 spiro atoms. The number of ether oxygens (including phenoxy) is 2. The summed E-state index contributed by atoms with van der Waals surface area (Å²) in [6.07, 6.45) is 5.33. The Morgan fingerprint density at radius 1 is 1.23 bits per heavy atom. The second-order valence-electron chi connectivity index (χ2n) is 7.71. The first-order valence-corrected chi connectivity index (χ1v) is 13.2. The largest absolute Gasteiger partial charge is 0.493 e. The first-order valence-electron chi connectivity index (χ1n) is 11.1. The van der Waals surface area contributed by atoms with Crippen LogP contribution >= 0.6 is 23.1 Å². The first kappa shape index (κ1) is 24.8. The summed E-state index contributed by atoms with van der Waals surface area (Å²) in [6.45, 7) is 7.91. The Morgan fingerprint density at radius 2 is 1.97 bits per heavy atom. The minimum atomic E-state index is -0.649. The Kier molecular flexibility index (Phi) is 7.73. The van der Waals surface area contributed by atoms with Gasteiger partial charge in [-0.15, -0.1) is 11.8 Å². The lowest BCUT2D eigenvalue weighted by molar-refractivity contribution is -0.138. The Morgan fingerprint density at radius 3 is 2.66 bits per heavy atom. The van der Waals surface area contributed by atoms with Crippen molar-refractivity contribution in [1.82, 2.24) is 4.57 Å². The van der Waals surface area contributed by atoms with Crippen molar-refractivity contribution in [2.45, 2.75) is 24.8 Å². The SMILES string of the molecule is C=CCOC(=O)C1=C(C)N=c2sc(=Cc3ccccc3OCC)c(=O)n2C1c1ccc(SC)cc1. The van der Waals surface area contributed by atoms with Gasteiger partial charge >= 0.3 is 5.97 Å². The maximum atomic E-state index is 13.7. The summed E-state index contributed by atoms with van der Waals surface area (Å²) in [7, 11) is 0. The number of para-hydroxylation sites is 1. The van der Waals surface area contributed by atoms with E-state index < -0.39 is 12.0 Å². The van der Waals surface area contributed by atoms with Crippen LogP contribution in [0.5, 0.6) is 5.75 Å². The quantitative estimate of drug-likeness (QED) is 0.262. The van der Waals surface area contributed by atoms with Crippen LogP contribution in [0.3, 0.4) is 0 Å². The zero-order chi connectivity index (χ0) is 24.9. The maximum Gasteiger partial charge on any atom is 0.338 e. The van der Waals surface area contributed by atoms with Crippen LogP contribution in [0, 0.1) is 0 Å². The lowest BCUT2D eigenvalue weighted by Crippen LogP contribution is -2.39. The fraction of sp³-hybridized carbons (Fsp3) is 0.222. The molecule has 0 amide bonds. The molecule has 4 rings (SSSR count). The molecule has 0 radical (unpaired) electrons. The third-order valence-electron chi connectivity index (χ3n) is 5.51. The van der Waals surface area contributed by atoms with Crippen molar-refractivity contribution in [1.29, 1.82) is 0 Å². The summed E-state index contributed by atoms with van der Waals surface area (Å²) in [6, 6.07) is 14.8. The van der Waals surface area contributed by atoms with E-state index in [0.717, 1.165) is 16.0 Å². The van der Waals surface area contributed by atoms with E-state index in [2.05, 4.69) is 11.6 Å². The lowest BCUT2D eigenvalue weighted by Gasteiger charge is -2.24. The summed E-state index contributed by atoms with van der Waals surface area (Å²) < 4.78 is 13.2. The average Bonchev–Trinajstić information content (AvgIpc) is 3.17. The molecule has 3 aromatic rings. The minimum absolute atomic E-state index is 0.0758.